The van der Waals surface area contributed by atoms with Crippen molar-refractivity contribution in [1.82, 2.24) is 4.31 Å². The highest BCUT2D eigenvalue weighted by molar-refractivity contribution is 7.89. The average molecular weight is 474 g/mol. The van der Waals surface area contributed by atoms with Crippen LogP contribution in [0.4, 0.5) is 8.78 Å². The third-order valence-corrected chi connectivity index (χ3v) is 6.62. The second kappa shape index (κ2) is 9.88. The lowest BCUT2D eigenvalue weighted by molar-refractivity contribution is -0.122. The van der Waals surface area contributed by atoms with E-state index in [1.54, 1.807) is 18.2 Å². The number of carbonyl (C=O) groups is 2. The van der Waals surface area contributed by atoms with Gasteiger partial charge in [0.05, 0.1) is 17.6 Å². The minimum atomic E-state index is -4.61. The van der Waals surface area contributed by atoms with E-state index < -0.39 is 44.5 Å². The topological polar surface area (TPSA) is 107 Å². The van der Waals surface area contributed by atoms with Crippen molar-refractivity contribution < 1.29 is 31.5 Å². The molecule has 0 aliphatic heterocycles. The molecule has 0 aliphatic carbocycles. The fourth-order valence-corrected chi connectivity index (χ4v) is 4.90. The van der Waals surface area contributed by atoms with Crippen LogP contribution in [0.5, 0.6) is 0 Å². The number of primary amides is 1. The maximum atomic E-state index is 13.8. The molecule has 1 amide bonds. The molecule has 3 aromatic carbocycles. The molecule has 0 saturated heterocycles. The van der Waals surface area contributed by atoms with Crippen molar-refractivity contribution in [3.05, 3.63) is 101 Å². The number of nitrogens with two attached hydrogens (primary N) is 1. The molecule has 1 atom stereocenters. The number of benzene rings is 3. The first-order chi connectivity index (χ1) is 15.6. The lowest BCUT2D eigenvalue weighted by Crippen LogP contribution is -2.41. The van der Waals surface area contributed by atoms with Gasteiger partial charge in [-0.3, -0.25) is 4.79 Å². The highest BCUT2D eigenvalue weighted by Gasteiger charge is 2.36. The third kappa shape index (κ3) is 5.41. The summed E-state index contributed by atoms with van der Waals surface area (Å²) in [6, 6.07) is 14.1. The molecule has 0 unspecified atom stereocenters. The molecule has 3 aromatic rings. The summed E-state index contributed by atoms with van der Waals surface area (Å²) >= 11 is 0. The van der Waals surface area contributed by atoms with E-state index in [1.165, 1.54) is 43.5 Å². The van der Waals surface area contributed by atoms with E-state index in [9.17, 15) is 26.8 Å². The number of hydrogen-bond donors (Lipinski definition) is 1. The summed E-state index contributed by atoms with van der Waals surface area (Å²) in [4.78, 5) is 23.4. The first kappa shape index (κ1) is 24.0. The summed E-state index contributed by atoms with van der Waals surface area (Å²) in [6.07, 6.45) is 0. The highest BCUT2D eigenvalue weighted by atomic mass is 32.2. The highest BCUT2D eigenvalue weighted by Crippen LogP contribution is 2.30. The van der Waals surface area contributed by atoms with E-state index >= 15 is 0 Å². The zero-order valence-electron chi connectivity index (χ0n) is 17.4. The summed E-state index contributed by atoms with van der Waals surface area (Å²) in [6.45, 7) is -0.371. The molecule has 172 valence electrons. The molecule has 0 radical (unpaired) electrons. The van der Waals surface area contributed by atoms with Gasteiger partial charge in [0.2, 0.25) is 15.9 Å². The summed E-state index contributed by atoms with van der Waals surface area (Å²) in [5, 5.41) is 0. The van der Waals surface area contributed by atoms with Gasteiger partial charge >= 0.3 is 5.97 Å². The molecule has 0 heterocycles. The monoisotopic (exact) mass is 474 g/mol. The standard InChI is InChI=1S/C23H20F2N2O5S/c1-32-23(29)17-9-7-15(8-10-17)14-27(21(22(26)28)16-5-3-2-4-6-16)33(30,31)20-12-18(24)11-19(25)13-20/h2-13,21H,14H2,1H3,(H2,26,28)/t21-/m1/s1. The molecule has 0 spiro atoms. The number of amides is 1. The Hall–Kier alpha value is -3.63. The van der Waals surface area contributed by atoms with Gasteiger partial charge in [0.15, 0.2) is 0 Å². The van der Waals surface area contributed by atoms with Gasteiger partial charge in [-0.15, -0.1) is 0 Å². The quantitative estimate of drug-likeness (QED) is 0.505. The number of rotatable bonds is 8. The molecule has 0 aliphatic rings. The number of sulfonamides is 1. The fraction of sp³-hybridized carbons (Fsp3) is 0.130. The van der Waals surface area contributed by atoms with Crippen LogP contribution in [0.25, 0.3) is 0 Å². The second-order valence-corrected chi connectivity index (χ2v) is 8.95. The lowest BCUT2D eigenvalue weighted by Gasteiger charge is -2.29. The van der Waals surface area contributed by atoms with E-state index in [4.69, 9.17) is 5.73 Å². The Labute approximate surface area is 189 Å². The molecule has 7 nitrogen and oxygen atoms in total. The molecule has 0 aromatic heterocycles. The normalized spacial score (nSPS) is 12.4. The number of carbonyl (C=O) groups excluding carboxylic acids is 2. The molecular weight excluding hydrogens is 454 g/mol. The predicted molar refractivity (Wildman–Crippen MR) is 115 cm³/mol. The Morgan fingerprint density at radius 1 is 0.970 bits per heavy atom. The van der Waals surface area contributed by atoms with Crippen LogP contribution in [0.15, 0.2) is 77.7 Å². The molecule has 0 saturated carbocycles. The van der Waals surface area contributed by atoms with E-state index in [-0.39, 0.29) is 17.7 Å². The molecule has 0 fully saturated rings. The van der Waals surface area contributed by atoms with Gasteiger partial charge in [-0.25, -0.2) is 22.0 Å². The molecular formula is C23H20F2N2O5S. The minimum Gasteiger partial charge on any atom is -0.465 e. The zero-order valence-corrected chi connectivity index (χ0v) is 18.3. The maximum Gasteiger partial charge on any atom is 0.337 e. The largest absolute Gasteiger partial charge is 0.465 e. The Kier molecular flexibility index (Phi) is 7.19. The van der Waals surface area contributed by atoms with E-state index in [1.807, 2.05) is 0 Å². The SMILES string of the molecule is COC(=O)c1ccc(CN([C@@H](C(N)=O)c2ccccc2)S(=O)(=O)c2cc(F)cc(F)c2)cc1. The summed E-state index contributed by atoms with van der Waals surface area (Å²) in [5.74, 6) is -3.74. The van der Waals surface area contributed by atoms with Gasteiger partial charge in [0.1, 0.15) is 17.7 Å². The predicted octanol–water partition coefficient (Wildman–Crippen LogP) is 3.17. The van der Waals surface area contributed by atoms with E-state index in [0.717, 1.165) is 4.31 Å². The van der Waals surface area contributed by atoms with Gasteiger partial charge in [0, 0.05) is 12.6 Å². The first-order valence-corrected chi connectivity index (χ1v) is 11.1. The van der Waals surface area contributed by atoms with Crippen molar-refractivity contribution in [2.45, 2.75) is 17.5 Å². The Balaban J connectivity index is 2.13. The Morgan fingerprint density at radius 3 is 2.06 bits per heavy atom. The van der Waals surface area contributed by atoms with Crippen LogP contribution >= 0.6 is 0 Å². The average Bonchev–Trinajstić information content (AvgIpc) is 2.78. The molecule has 10 heteroatoms. The van der Waals surface area contributed by atoms with Crippen LogP contribution in [0.2, 0.25) is 0 Å². The van der Waals surface area contributed by atoms with Gasteiger partial charge < -0.3 is 10.5 Å². The first-order valence-electron chi connectivity index (χ1n) is 9.63. The number of ether oxygens (including phenoxy) is 1. The van der Waals surface area contributed by atoms with E-state index in [2.05, 4.69) is 4.74 Å². The number of nitrogens with zero attached hydrogens (tertiary/aromatic N) is 1. The smallest absolute Gasteiger partial charge is 0.337 e. The fourth-order valence-electron chi connectivity index (χ4n) is 3.28. The minimum absolute atomic E-state index is 0.234. The molecule has 2 N–H and O–H groups in total. The van der Waals surface area contributed by atoms with Crippen molar-refractivity contribution in [2.24, 2.45) is 5.73 Å². The van der Waals surface area contributed by atoms with Gasteiger partial charge in [-0.1, -0.05) is 42.5 Å². The number of methoxy groups -OCH3 is 1. The number of esters is 1. The molecule has 0 bridgehead atoms. The van der Waals surface area contributed by atoms with Crippen LogP contribution in [0.3, 0.4) is 0 Å². The Morgan fingerprint density at radius 2 is 1.55 bits per heavy atom. The van der Waals surface area contributed by atoms with Crippen LogP contribution in [0, 0.1) is 11.6 Å². The summed E-state index contributed by atoms with van der Waals surface area (Å²) < 4.78 is 60.0. The van der Waals surface area contributed by atoms with Crippen molar-refractivity contribution >= 4 is 21.9 Å². The third-order valence-electron chi connectivity index (χ3n) is 4.83. The van der Waals surface area contributed by atoms with Gasteiger partial charge in [-0.05, 0) is 35.4 Å². The molecule has 3 rings (SSSR count). The number of hydrogen-bond acceptors (Lipinski definition) is 5. The van der Waals surface area contributed by atoms with Crippen LogP contribution in [0.1, 0.15) is 27.5 Å². The zero-order chi connectivity index (χ0) is 24.2. The van der Waals surface area contributed by atoms with Crippen molar-refractivity contribution in [3.8, 4) is 0 Å². The summed E-state index contributed by atoms with van der Waals surface area (Å²) in [5.41, 5.74) is 6.49. The van der Waals surface area contributed by atoms with Gasteiger partial charge in [0.25, 0.3) is 0 Å². The van der Waals surface area contributed by atoms with Crippen molar-refractivity contribution in [1.29, 1.82) is 0 Å². The van der Waals surface area contributed by atoms with Crippen molar-refractivity contribution in [3.63, 3.8) is 0 Å². The van der Waals surface area contributed by atoms with Crippen LogP contribution in [-0.2, 0) is 26.1 Å². The second-order valence-electron chi connectivity index (χ2n) is 7.06. The lowest BCUT2D eigenvalue weighted by atomic mass is 10.1. The van der Waals surface area contributed by atoms with Gasteiger partial charge in [-0.2, -0.15) is 4.31 Å². The van der Waals surface area contributed by atoms with Crippen LogP contribution in [-0.4, -0.2) is 31.7 Å². The van der Waals surface area contributed by atoms with E-state index in [0.29, 0.717) is 23.8 Å². The summed E-state index contributed by atoms with van der Waals surface area (Å²) in [7, 11) is -3.38. The van der Waals surface area contributed by atoms with Crippen LogP contribution < -0.4 is 5.73 Å². The Bertz CT molecular complexity index is 1250. The molecule has 33 heavy (non-hydrogen) atoms. The number of halogens is 2. The maximum absolute atomic E-state index is 13.8. The van der Waals surface area contributed by atoms with Crippen molar-refractivity contribution in [2.75, 3.05) is 7.11 Å².